The van der Waals surface area contributed by atoms with Gasteiger partial charge < -0.3 is 14.8 Å². The average molecular weight is 453 g/mol. The molecule has 3 aromatic rings. The quantitative estimate of drug-likeness (QED) is 0.509. The van der Waals surface area contributed by atoms with Gasteiger partial charge in [0.1, 0.15) is 11.1 Å². The van der Waals surface area contributed by atoms with Gasteiger partial charge in [-0.1, -0.05) is 55.5 Å². The molecule has 3 aromatic carbocycles. The van der Waals surface area contributed by atoms with E-state index in [0.717, 1.165) is 17.5 Å². The molecule has 1 N–H and O–H groups in total. The van der Waals surface area contributed by atoms with Crippen LogP contribution in [0.1, 0.15) is 37.6 Å². The number of nitrogens with zero attached hydrogens (tertiary/aromatic N) is 1. The van der Waals surface area contributed by atoms with E-state index in [4.69, 9.17) is 9.47 Å². The lowest BCUT2D eigenvalue weighted by Gasteiger charge is -2.37. The molecule has 1 aliphatic rings. The van der Waals surface area contributed by atoms with Crippen molar-refractivity contribution in [3.05, 3.63) is 83.9 Å². The molecule has 4 rings (SSSR count). The van der Waals surface area contributed by atoms with E-state index in [2.05, 4.69) is 5.32 Å². The summed E-state index contributed by atoms with van der Waals surface area (Å²) in [6, 6.07) is 22.2. The second-order valence-corrected chi connectivity index (χ2v) is 9.43. The Bertz CT molecular complexity index is 1170. The molecule has 6 nitrogen and oxygen atoms in total. The smallest absolute Gasteiger partial charge is 0.247 e. The minimum atomic E-state index is -3.73. The molecule has 0 bridgehead atoms. The number of benzene rings is 3. The van der Waals surface area contributed by atoms with Gasteiger partial charge in [-0.2, -0.15) is 4.31 Å². The first-order valence-corrected chi connectivity index (χ1v) is 12.3. The lowest BCUT2D eigenvalue weighted by molar-refractivity contribution is 0.275. The van der Waals surface area contributed by atoms with Gasteiger partial charge in [0.05, 0.1) is 18.9 Å². The highest BCUT2D eigenvalue weighted by atomic mass is 32.2. The van der Waals surface area contributed by atoms with Crippen LogP contribution in [-0.2, 0) is 16.6 Å². The normalized spacial score (nSPS) is 17.2. The van der Waals surface area contributed by atoms with E-state index in [0.29, 0.717) is 30.4 Å². The van der Waals surface area contributed by atoms with Crippen molar-refractivity contribution < 1.29 is 17.9 Å². The second-order valence-electron chi connectivity index (χ2n) is 7.57. The Balaban J connectivity index is 1.79. The van der Waals surface area contributed by atoms with Gasteiger partial charge in [0.2, 0.25) is 10.0 Å². The van der Waals surface area contributed by atoms with Crippen molar-refractivity contribution in [2.75, 3.05) is 18.5 Å². The third-order valence-corrected chi connectivity index (χ3v) is 7.15. The SMILES string of the molecule is CCCOc1ccc(C2Nc3ccccc3S(=O)(=O)N2Cc2ccccc2)cc1OCC. The van der Waals surface area contributed by atoms with Crippen LogP contribution in [-0.4, -0.2) is 25.9 Å². The van der Waals surface area contributed by atoms with Gasteiger partial charge in [0.25, 0.3) is 0 Å². The van der Waals surface area contributed by atoms with Gasteiger partial charge in [0.15, 0.2) is 11.5 Å². The van der Waals surface area contributed by atoms with E-state index in [1.54, 1.807) is 18.2 Å². The minimum Gasteiger partial charge on any atom is -0.490 e. The van der Waals surface area contributed by atoms with Crippen molar-refractivity contribution in [3.8, 4) is 11.5 Å². The lowest BCUT2D eigenvalue weighted by Crippen LogP contribution is -2.42. The zero-order chi connectivity index (χ0) is 22.6. The van der Waals surface area contributed by atoms with E-state index < -0.39 is 16.2 Å². The number of anilines is 1. The molecule has 0 spiro atoms. The maximum atomic E-state index is 13.6. The number of hydrogen-bond donors (Lipinski definition) is 1. The summed E-state index contributed by atoms with van der Waals surface area (Å²) in [4.78, 5) is 0.278. The summed E-state index contributed by atoms with van der Waals surface area (Å²) >= 11 is 0. The highest BCUT2D eigenvalue weighted by Crippen LogP contribution is 2.41. The Morgan fingerprint density at radius 1 is 0.906 bits per heavy atom. The Hall–Kier alpha value is -3.03. The first-order chi connectivity index (χ1) is 15.5. The van der Waals surface area contributed by atoms with Gasteiger partial charge in [0, 0.05) is 6.54 Å². The van der Waals surface area contributed by atoms with Crippen molar-refractivity contribution in [3.63, 3.8) is 0 Å². The first-order valence-electron chi connectivity index (χ1n) is 10.9. The summed E-state index contributed by atoms with van der Waals surface area (Å²) in [5, 5.41) is 3.42. The summed E-state index contributed by atoms with van der Waals surface area (Å²) in [7, 11) is -3.73. The number of sulfonamides is 1. The highest BCUT2D eigenvalue weighted by Gasteiger charge is 2.39. The summed E-state index contributed by atoms with van der Waals surface area (Å²) in [6.45, 7) is 5.27. The molecule has 0 aromatic heterocycles. The molecule has 1 unspecified atom stereocenters. The van der Waals surface area contributed by atoms with Crippen LogP contribution in [0.2, 0.25) is 0 Å². The molecule has 1 heterocycles. The van der Waals surface area contributed by atoms with E-state index in [1.165, 1.54) is 4.31 Å². The number of nitrogens with one attached hydrogen (secondary N) is 1. The lowest BCUT2D eigenvalue weighted by atomic mass is 10.1. The van der Waals surface area contributed by atoms with Crippen molar-refractivity contribution in [2.24, 2.45) is 0 Å². The van der Waals surface area contributed by atoms with Crippen LogP contribution in [0.4, 0.5) is 5.69 Å². The maximum Gasteiger partial charge on any atom is 0.247 e. The Kier molecular flexibility index (Phi) is 6.67. The summed E-state index contributed by atoms with van der Waals surface area (Å²) in [5.41, 5.74) is 2.28. The summed E-state index contributed by atoms with van der Waals surface area (Å²) in [5.74, 6) is 1.27. The van der Waals surface area contributed by atoms with Gasteiger partial charge in [-0.15, -0.1) is 0 Å². The molecule has 1 atom stereocenters. The highest BCUT2D eigenvalue weighted by molar-refractivity contribution is 7.89. The zero-order valence-electron chi connectivity index (χ0n) is 18.3. The number of rotatable bonds is 8. The van der Waals surface area contributed by atoms with Crippen LogP contribution < -0.4 is 14.8 Å². The van der Waals surface area contributed by atoms with Crippen molar-refractivity contribution in [1.29, 1.82) is 0 Å². The van der Waals surface area contributed by atoms with Crippen molar-refractivity contribution in [2.45, 2.75) is 37.9 Å². The van der Waals surface area contributed by atoms with Gasteiger partial charge in [-0.05, 0) is 48.7 Å². The standard InChI is InChI=1S/C25H28N2O4S/c1-3-16-31-22-15-14-20(17-23(22)30-4-2)25-26-21-12-8-9-13-24(21)32(28,29)27(25)18-19-10-6-5-7-11-19/h5-15,17,25-26H,3-4,16,18H2,1-2H3. The fraction of sp³-hybridized carbons (Fsp3) is 0.280. The van der Waals surface area contributed by atoms with Gasteiger partial charge in [-0.3, -0.25) is 0 Å². The number of hydrogen-bond acceptors (Lipinski definition) is 5. The fourth-order valence-corrected chi connectivity index (χ4v) is 5.46. The van der Waals surface area contributed by atoms with E-state index in [-0.39, 0.29) is 11.4 Å². The monoisotopic (exact) mass is 452 g/mol. The third-order valence-electron chi connectivity index (χ3n) is 5.28. The molecule has 0 amide bonds. The van der Waals surface area contributed by atoms with E-state index >= 15 is 0 Å². The molecule has 0 radical (unpaired) electrons. The molecule has 168 valence electrons. The average Bonchev–Trinajstić information content (AvgIpc) is 2.81. The number of fused-ring (bicyclic) bond motifs is 1. The predicted octanol–water partition coefficient (Wildman–Crippen LogP) is 5.19. The zero-order valence-corrected chi connectivity index (χ0v) is 19.1. The molecule has 1 aliphatic heterocycles. The minimum absolute atomic E-state index is 0.243. The van der Waals surface area contributed by atoms with Crippen molar-refractivity contribution in [1.82, 2.24) is 4.31 Å². The number of para-hydroxylation sites is 1. The summed E-state index contributed by atoms with van der Waals surface area (Å²) < 4.78 is 40.4. The second kappa shape index (κ2) is 9.63. The van der Waals surface area contributed by atoms with Gasteiger partial charge in [-0.25, -0.2) is 8.42 Å². The molecular formula is C25H28N2O4S. The third kappa shape index (κ3) is 4.45. The van der Waals surface area contributed by atoms with Crippen LogP contribution >= 0.6 is 0 Å². The molecule has 0 aliphatic carbocycles. The molecule has 0 saturated carbocycles. The fourth-order valence-electron chi connectivity index (χ4n) is 3.78. The summed E-state index contributed by atoms with van der Waals surface area (Å²) in [6.07, 6.45) is 0.298. The molecule has 0 fully saturated rings. The topological polar surface area (TPSA) is 67.9 Å². The molecule has 7 heteroatoms. The Morgan fingerprint density at radius 2 is 1.66 bits per heavy atom. The van der Waals surface area contributed by atoms with Crippen LogP contribution in [0.25, 0.3) is 0 Å². The largest absolute Gasteiger partial charge is 0.490 e. The van der Waals surface area contributed by atoms with Crippen molar-refractivity contribution >= 4 is 15.7 Å². The van der Waals surface area contributed by atoms with E-state index in [9.17, 15) is 8.42 Å². The molecule has 0 saturated heterocycles. The van der Waals surface area contributed by atoms with Crippen LogP contribution in [0.3, 0.4) is 0 Å². The maximum absolute atomic E-state index is 13.6. The van der Waals surface area contributed by atoms with Crippen LogP contribution in [0.5, 0.6) is 11.5 Å². The first kappa shape index (κ1) is 22.2. The van der Waals surface area contributed by atoms with E-state index in [1.807, 2.05) is 68.4 Å². The van der Waals surface area contributed by atoms with Crippen LogP contribution in [0.15, 0.2) is 77.7 Å². The molecule has 32 heavy (non-hydrogen) atoms. The Morgan fingerprint density at radius 3 is 2.41 bits per heavy atom. The van der Waals surface area contributed by atoms with Crippen LogP contribution in [0, 0.1) is 0 Å². The predicted molar refractivity (Wildman–Crippen MR) is 125 cm³/mol. The Labute approximate surface area is 189 Å². The van der Waals surface area contributed by atoms with Gasteiger partial charge >= 0.3 is 0 Å². The number of ether oxygens (including phenoxy) is 2. The molecular weight excluding hydrogens is 424 g/mol.